The molecule has 1 N–H and O–H groups in total. The Morgan fingerprint density at radius 3 is 2.41 bits per heavy atom. The van der Waals surface area contributed by atoms with Crippen LogP contribution >= 0.6 is 23.2 Å². The molecule has 1 aromatic carbocycles. The van der Waals surface area contributed by atoms with E-state index < -0.39 is 0 Å². The van der Waals surface area contributed by atoms with Gasteiger partial charge in [-0.2, -0.15) is 5.10 Å². The van der Waals surface area contributed by atoms with Crippen molar-refractivity contribution in [3.8, 4) is 17.3 Å². The molecule has 0 saturated heterocycles. The number of benzene rings is 1. The molecule has 2 aromatic heterocycles. The van der Waals surface area contributed by atoms with Crippen LogP contribution < -0.4 is 4.74 Å². The van der Waals surface area contributed by atoms with E-state index in [1.54, 1.807) is 36.5 Å². The first kappa shape index (κ1) is 19.6. The Labute approximate surface area is 167 Å². The van der Waals surface area contributed by atoms with Gasteiger partial charge in [-0.25, -0.2) is 9.97 Å². The second kappa shape index (κ2) is 8.25. The summed E-state index contributed by atoms with van der Waals surface area (Å²) in [6.07, 6.45) is 1.61. The van der Waals surface area contributed by atoms with E-state index in [-0.39, 0.29) is 12.2 Å². The Morgan fingerprint density at radius 2 is 1.78 bits per heavy atom. The summed E-state index contributed by atoms with van der Waals surface area (Å²) >= 11 is 12.3. The van der Waals surface area contributed by atoms with E-state index in [0.29, 0.717) is 39.7 Å². The number of ether oxygens (including phenoxy) is 2. The van der Waals surface area contributed by atoms with Gasteiger partial charge in [-0.15, -0.1) is 0 Å². The average Bonchev–Trinajstić information content (AvgIpc) is 3.09. The summed E-state index contributed by atoms with van der Waals surface area (Å²) in [5.74, 6) is 1.75. The van der Waals surface area contributed by atoms with Crippen molar-refractivity contribution in [1.29, 1.82) is 0 Å². The van der Waals surface area contributed by atoms with Gasteiger partial charge in [0.2, 0.25) is 0 Å². The highest BCUT2D eigenvalue weighted by molar-refractivity contribution is 6.35. The summed E-state index contributed by atoms with van der Waals surface area (Å²) in [7, 11) is 0. The Kier molecular flexibility index (Phi) is 5.99. The van der Waals surface area contributed by atoms with E-state index in [0.717, 1.165) is 5.56 Å². The van der Waals surface area contributed by atoms with Crippen molar-refractivity contribution < 1.29 is 9.47 Å². The molecule has 3 rings (SSSR count). The summed E-state index contributed by atoms with van der Waals surface area (Å²) < 4.78 is 11.4. The number of hydrogen-bond acceptors (Lipinski definition) is 5. The molecule has 6 nitrogen and oxygen atoms in total. The number of halogens is 2. The Balaban J connectivity index is 1.63. The average molecular weight is 407 g/mol. The van der Waals surface area contributed by atoms with E-state index >= 15 is 0 Å². The molecule has 3 aromatic rings. The molecule has 0 fully saturated rings. The molecule has 0 spiro atoms. The van der Waals surface area contributed by atoms with Crippen molar-refractivity contribution in [2.75, 3.05) is 0 Å². The first-order chi connectivity index (χ1) is 12.8. The van der Waals surface area contributed by atoms with Crippen LogP contribution in [0.3, 0.4) is 0 Å². The molecule has 8 heteroatoms. The first-order valence-corrected chi connectivity index (χ1v) is 9.15. The van der Waals surface area contributed by atoms with Crippen LogP contribution in [0.2, 0.25) is 10.0 Å². The van der Waals surface area contributed by atoms with Crippen molar-refractivity contribution in [2.45, 2.75) is 39.6 Å². The smallest absolute Gasteiger partial charge is 0.199 e. The standard InChI is InChI=1S/C19H20Cl2N4O2/c1-19(2,3)27-11-17-23-18(25-24-17)16-8-7-12(9-22-16)26-10-13-14(20)5-4-6-15(13)21/h4-9H,10-11H2,1-3H3,(H,23,24,25). The molecule has 0 bridgehead atoms. The number of rotatable bonds is 6. The lowest BCUT2D eigenvalue weighted by molar-refractivity contribution is -0.0179. The lowest BCUT2D eigenvalue weighted by Gasteiger charge is -2.18. The lowest BCUT2D eigenvalue weighted by atomic mass is 10.2. The molecule has 2 heterocycles. The molecule has 0 aliphatic rings. The Morgan fingerprint density at radius 1 is 1.04 bits per heavy atom. The van der Waals surface area contributed by atoms with Crippen LogP contribution in [0.25, 0.3) is 11.5 Å². The molecule has 0 aliphatic carbocycles. The van der Waals surface area contributed by atoms with Gasteiger partial charge in [-0.1, -0.05) is 29.3 Å². The second-order valence-electron chi connectivity index (χ2n) is 6.87. The summed E-state index contributed by atoms with van der Waals surface area (Å²) in [5, 5.41) is 8.18. The van der Waals surface area contributed by atoms with Crippen LogP contribution in [0.5, 0.6) is 5.75 Å². The molecule has 0 atom stereocenters. The molecule has 0 aliphatic heterocycles. The van der Waals surface area contributed by atoms with Gasteiger partial charge in [0.05, 0.1) is 11.8 Å². The maximum absolute atomic E-state index is 6.15. The Bertz CT molecular complexity index is 885. The molecular formula is C19H20Cl2N4O2. The van der Waals surface area contributed by atoms with Crippen molar-refractivity contribution in [2.24, 2.45) is 0 Å². The molecule has 27 heavy (non-hydrogen) atoms. The molecule has 0 unspecified atom stereocenters. The first-order valence-electron chi connectivity index (χ1n) is 8.39. The van der Waals surface area contributed by atoms with E-state index in [4.69, 9.17) is 32.7 Å². The van der Waals surface area contributed by atoms with Gasteiger partial charge in [0.25, 0.3) is 0 Å². The van der Waals surface area contributed by atoms with Crippen molar-refractivity contribution in [3.05, 3.63) is 58.0 Å². The number of aromatic amines is 1. The highest BCUT2D eigenvalue weighted by Crippen LogP contribution is 2.26. The van der Waals surface area contributed by atoms with E-state index in [1.807, 2.05) is 20.8 Å². The molecule has 0 saturated carbocycles. The van der Waals surface area contributed by atoms with Gasteiger partial charge >= 0.3 is 0 Å². The van der Waals surface area contributed by atoms with Gasteiger partial charge in [-0.05, 0) is 45.0 Å². The Hall–Kier alpha value is -2.15. The van der Waals surface area contributed by atoms with Gasteiger partial charge < -0.3 is 9.47 Å². The monoisotopic (exact) mass is 406 g/mol. The summed E-state index contributed by atoms with van der Waals surface area (Å²) in [5.41, 5.74) is 1.13. The number of nitrogens with zero attached hydrogens (tertiary/aromatic N) is 3. The quantitative estimate of drug-likeness (QED) is 0.618. The largest absolute Gasteiger partial charge is 0.487 e. The number of pyridine rings is 1. The third-order valence-corrected chi connectivity index (χ3v) is 4.29. The zero-order valence-corrected chi connectivity index (χ0v) is 16.8. The maximum atomic E-state index is 6.15. The predicted octanol–water partition coefficient (Wildman–Crippen LogP) is 5.07. The minimum Gasteiger partial charge on any atom is -0.487 e. The van der Waals surface area contributed by atoms with Crippen LogP contribution in [0.1, 0.15) is 32.2 Å². The normalized spacial score (nSPS) is 11.6. The van der Waals surface area contributed by atoms with Crippen molar-refractivity contribution in [3.63, 3.8) is 0 Å². The van der Waals surface area contributed by atoms with E-state index in [1.165, 1.54) is 0 Å². The van der Waals surface area contributed by atoms with Gasteiger partial charge in [0.15, 0.2) is 11.6 Å². The minimum absolute atomic E-state index is 0.241. The van der Waals surface area contributed by atoms with Crippen LogP contribution in [0, 0.1) is 0 Å². The van der Waals surface area contributed by atoms with Crippen LogP contribution in [0.4, 0.5) is 0 Å². The SMILES string of the molecule is CC(C)(C)OCc1nc(-c2ccc(OCc3c(Cl)cccc3Cl)cn2)n[nH]1. The van der Waals surface area contributed by atoms with Crippen molar-refractivity contribution in [1.82, 2.24) is 20.2 Å². The fourth-order valence-corrected chi connectivity index (χ4v) is 2.69. The predicted molar refractivity (Wildman–Crippen MR) is 105 cm³/mol. The summed E-state index contributed by atoms with van der Waals surface area (Å²) in [6.45, 7) is 6.58. The summed E-state index contributed by atoms with van der Waals surface area (Å²) in [4.78, 5) is 8.75. The van der Waals surface area contributed by atoms with Gasteiger partial charge in [0.1, 0.15) is 24.7 Å². The number of nitrogens with one attached hydrogen (secondary N) is 1. The highest BCUT2D eigenvalue weighted by atomic mass is 35.5. The van der Waals surface area contributed by atoms with Crippen LogP contribution in [-0.4, -0.2) is 25.8 Å². The second-order valence-corrected chi connectivity index (χ2v) is 7.69. The fraction of sp³-hybridized carbons (Fsp3) is 0.316. The highest BCUT2D eigenvalue weighted by Gasteiger charge is 2.13. The minimum atomic E-state index is -0.241. The zero-order chi connectivity index (χ0) is 19.4. The number of hydrogen-bond donors (Lipinski definition) is 1. The van der Waals surface area contributed by atoms with E-state index in [2.05, 4.69) is 20.2 Å². The molecule has 0 amide bonds. The topological polar surface area (TPSA) is 72.9 Å². The van der Waals surface area contributed by atoms with Crippen molar-refractivity contribution >= 4 is 23.2 Å². The number of aromatic nitrogens is 4. The van der Waals surface area contributed by atoms with E-state index in [9.17, 15) is 0 Å². The molecule has 0 radical (unpaired) electrons. The van der Waals surface area contributed by atoms with Crippen LogP contribution in [-0.2, 0) is 18.0 Å². The zero-order valence-electron chi connectivity index (χ0n) is 15.3. The van der Waals surface area contributed by atoms with Gasteiger partial charge in [-0.3, -0.25) is 5.10 Å². The molecule has 142 valence electrons. The van der Waals surface area contributed by atoms with Crippen LogP contribution in [0.15, 0.2) is 36.5 Å². The fourth-order valence-electron chi connectivity index (χ4n) is 2.18. The maximum Gasteiger partial charge on any atom is 0.199 e. The third kappa shape index (κ3) is 5.42. The number of H-pyrrole nitrogens is 1. The molecular weight excluding hydrogens is 387 g/mol. The third-order valence-electron chi connectivity index (χ3n) is 3.58. The lowest BCUT2D eigenvalue weighted by Crippen LogP contribution is -2.19. The summed E-state index contributed by atoms with van der Waals surface area (Å²) in [6, 6.07) is 8.94. The van der Waals surface area contributed by atoms with Gasteiger partial charge in [0, 0.05) is 15.6 Å².